The van der Waals surface area contributed by atoms with E-state index in [1.165, 1.54) is 4.31 Å². The van der Waals surface area contributed by atoms with Crippen LogP contribution in [0.1, 0.15) is 30.9 Å². The number of carbonyl (C=O) groups is 1. The number of nitrogens with zero attached hydrogens (tertiary/aromatic N) is 1. The molecule has 9 nitrogen and oxygen atoms in total. The number of nitrogens with one attached hydrogen (secondary N) is 2. The van der Waals surface area contributed by atoms with E-state index < -0.39 is 21.7 Å². The number of amidine groups is 1. The predicted octanol–water partition coefficient (Wildman–Crippen LogP) is 3.36. The third-order valence-electron chi connectivity index (χ3n) is 5.43. The molecule has 1 heterocycles. The fourth-order valence-electron chi connectivity index (χ4n) is 3.70. The molecule has 2 aromatic carbocycles. The van der Waals surface area contributed by atoms with Crippen molar-refractivity contribution >= 4 is 58.4 Å². The molecule has 0 unspecified atom stereocenters. The van der Waals surface area contributed by atoms with Crippen molar-refractivity contribution in [2.45, 2.75) is 25.9 Å². The summed E-state index contributed by atoms with van der Waals surface area (Å²) in [5.74, 6) is -0.950. The van der Waals surface area contributed by atoms with E-state index in [-0.39, 0.29) is 49.9 Å². The topological polar surface area (TPSA) is 135 Å². The lowest BCUT2D eigenvalue weighted by Crippen LogP contribution is -2.36. The van der Waals surface area contributed by atoms with Gasteiger partial charge in [0.15, 0.2) is 5.75 Å². The van der Waals surface area contributed by atoms with E-state index in [1.807, 2.05) is 6.07 Å². The Balaban J connectivity index is 0.00000342. The number of nitrogen functional groups attached to an aromatic ring is 1. The number of sulfonamides is 1. The van der Waals surface area contributed by atoms with Crippen molar-refractivity contribution in [3.8, 4) is 5.75 Å². The molecule has 1 aliphatic heterocycles. The Morgan fingerprint density at radius 3 is 2.46 bits per heavy atom. The molecule has 0 aliphatic carbocycles. The van der Waals surface area contributed by atoms with Crippen LogP contribution in [0.3, 0.4) is 0 Å². The Labute approximate surface area is 230 Å². The van der Waals surface area contributed by atoms with Gasteiger partial charge in [-0.1, -0.05) is 30.4 Å². The molecule has 0 amide bonds. The van der Waals surface area contributed by atoms with Crippen LogP contribution in [-0.4, -0.2) is 58.3 Å². The molecule has 3 rings (SSSR count). The molecule has 0 aromatic heterocycles. The second-order valence-electron chi connectivity index (χ2n) is 8.09. The van der Waals surface area contributed by atoms with Gasteiger partial charge in [-0.3, -0.25) is 14.5 Å². The summed E-state index contributed by atoms with van der Waals surface area (Å²) < 4.78 is 38.3. The lowest BCUT2D eigenvalue weighted by atomic mass is 10.1. The highest BCUT2D eigenvalue weighted by molar-refractivity contribution is 7.93. The largest absolute Gasteiger partial charge is 0.490 e. The van der Waals surface area contributed by atoms with Crippen molar-refractivity contribution in [3.05, 3.63) is 65.7 Å². The highest BCUT2D eigenvalue weighted by atomic mass is 35.5. The van der Waals surface area contributed by atoms with Crippen LogP contribution in [0.2, 0.25) is 0 Å². The summed E-state index contributed by atoms with van der Waals surface area (Å²) in [7, 11) is -4.01. The number of benzene rings is 2. The van der Waals surface area contributed by atoms with Gasteiger partial charge in [-0.25, -0.2) is 8.42 Å². The number of piperidine rings is 1. The number of hydrogen-bond donors (Lipinski definition) is 3. The number of hydrogen-bond acceptors (Lipinski definition) is 7. The molecule has 1 aliphatic rings. The molecular weight excluding hydrogens is 539 g/mol. The van der Waals surface area contributed by atoms with Gasteiger partial charge in [0, 0.05) is 5.56 Å². The SMILES string of the molecule is CCOC(=O)CS(=O)(=O)N(C/C=C/c1cccc(C(=N)N)c1)c1ccc(OC2CCNCC2)cc1.Cl.Cl. The Bertz CT molecular complexity index is 1150. The van der Waals surface area contributed by atoms with E-state index in [0.717, 1.165) is 31.5 Å². The zero-order valence-electron chi connectivity index (χ0n) is 20.6. The molecule has 2 aromatic rings. The van der Waals surface area contributed by atoms with Crippen LogP contribution in [0.15, 0.2) is 54.6 Å². The first-order chi connectivity index (χ1) is 16.8. The summed E-state index contributed by atoms with van der Waals surface area (Å²) in [5.41, 5.74) is 7.30. The molecule has 0 atom stereocenters. The highest BCUT2D eigenvalue weighted by Crippen LogP contribution is 2.24. The molecule has 0 spiro atoms. The van der Waals surface area contributed by atoms with Crippen LogP contribution < -0.4 is 20.1 Å². The van der Waals surface area contributed by atoms with Gasteiger partial charge in [0.25, 0.3) is 0 Å². The number of rotatable bonds is 11. The summed E-state index contributed by atoms with van der Waals surface area (Å²) in [5, 5.41) is 10.9. The van der Waals surface area contributed by atoms with Crippen LogP contribution in [-0.2, 0) is 19.6 Å². The van der Waals surface area contributed by atoms with Gasteiger partial charge in [-0.05, 0) is 68.8 Å². The molecule has 12 heteroatoms. The monoisotopic (exact) mass is 572 g/mol. The summed E-state index contributed by atoms with van der Waals surface area (Å²) in [6.45, 7) is 3.54. The molecule has 0 radical (unpaired) electrons. The fraction of sp³-hybridized carbons (Fsp3) is 0.360. The molecule has 1 fully saturated rings. The number of nitrogens with two attached hydrogens (primary N) is 1. The van der Waals surface area contributed by atoms with E-state index in [4.69, 9.17) is 20.6 Å². The first kappa shape index (κ1) is 32.2. The minimum atomic E-state index is -4.01. The maximum absolute atomic E-state index is 13.1. The van der Waals surface area contributed by atoms with Gasteiger partial charge in [-0.15, -0.1) is 24.8 Å². The average Bonchev–Trinajstić information content (AvgIpc) is 2.83. The average molecular weight is 574 g/mol. The number of esters is 1. The second kappa shape index (κ2) is 15.5. The third-order valence-corrected chi connectivity index (χ3v) is 7.07. The van der Waals surface area contributed by atoms with Gasteiger partial charge < -0.3 is 20.5 Å². The van der Waals surface area contributed by atoms with E-state index in [1.54, 1.807) is 61.5 Å². The van der Waals surface area contributed by atoms with Crippen molar-refractivity contribution in [3.63, 3.8) is 0 Å². The van der Waals surface area contributed by atoms with E-state index >= 15 is 0 Å². The third kappa shape index (κ3) is 9.88. The molecule has 204 valence electrons. The van der Waals surface area contributed by atoms with Crippen molar-refractivity contribution in [1.82, 2.24) is 5.32 Å². The lowest BCUT2D eigenvalue weighted by Gasteiger charge is -2.25. The molecule has 37 heavy (non-hydrogen) atoms. The van der Waals surface area contributed by atoms with E-state index in [9.17, 15) is 13.2 Å². The number of anilines is 1. The predicted molar refractivity (Wildman–Crippen MR) is 152 cm³/mol. The van der Waals surface area contributed by atoms with Crippen LogP contribution in [0.25, 0.3) is 6.08 Å². The Morgan fingerprint density at radius 2 is 1.84 bits per heavy atom. The van der Waals surface area contributed by atoms with Gasteiger partial charge in [0.05, 0.1) is 18.8 Å². The standard InChI is InChI=1S/C25H32N4O5S.2ClH/c1-2-33-24(30)18-35(31,32)29(16-4-6-19-5-3-7-20(17-19)25(26)27)21-8-10-22(11-9-21)34-23-12-14-28-15-13-23;;/h3-11,17,23,28H,2,12-16,18H2,1H3,(H3,26,27);2*1H/b6-4+;;. The maximum Gasteiger partial charge on any atom is 0.323 e. The molecule has 0 bridgehead atoms. The zero-order chi connectivity index (χ0) is 25.3. The minimum absolute atomic E-state index is 0. The fourth-order valence-corrected chi connectivity index (χ4v) is 4.99. The van der Waals surface area contributed by atoms with Gasteiger partial charge in [0.1, 0.15) is 17.7 Å². The minimum Gasteiger partial charge on any atom is -0.490 e. The second-order valence-corrected chi connectivity index (χ2v) is 9.99. The zero-order valence-corrected chi connectivity index (χ0v) is 23.0. The van der Waals surface area contributed by atoms with Crippen LogP contribution in [0.4, 0.5) is 5.69 Å². The Morgan fingerprint density at radius 1 is 1.16 bits per heavy atom. The van der Waals surface area contributed by atoms with Crippen molar-refractivity contribution < 1.29 is 22.7 Å². The quantitative estimate of drug-likeness (QED) is 0.213. The summed E-state index contributed by atoms with van der Waals surface area (Å²) in [6, 6.07) is 13.9. The van der Waals surface area contributed by atoms with Gasteiger partial charge >= 0.3 is 5.97 Å². The molecule has 1 saturated heterocycles. The van der Waals surface area contributed by atoms with Crippen molar-refractivity contribution in [2.75, 3.05) is 36.3 Å². The number of carbonyl (C=O) groups excluding carboxylic acids is 1. The van der Waals surface area contributed by atoms with Gasteiger partial charge in [-0.2, -0.15) is 0 Å². The molecule has 0 saturated carbocycles. The van der Waals surface area contributed by atoms with Gasteiger partial charge in [0.2, 0.25) is 10.0 Å². The Kier molecular flexibility index (Phi) is 13.5. The highest BCUT2D eigenvalue weighted by Gasteiger charge is 2.26. The van der Waals surface area contributed by atoms with Crippen LogP contribution >= 0.6 is 24.8 Å². The van der Waals surface area contributed by atoms with Crippen molar-refractivity contribution in [1.29, 1.82) is 5.41 Å². The Hall–Kier alpha value is -2.79. The van der Waals surface area contributed by atoms with Crippen LogP contribution in [0, 0.1) is 5.41 Å². The number of ether oxygens (including phenoxy) is 2. The van der Waals surface area contributed by atoms with Crippen molar-refractivity contribution in [2.24, 2.45) is 5.73 Å². The first-order valence-electron chi connectivity index (χ1n) is 11.5. The normalized spacial score (nSPS) is 13.8. The molecular formula is C25H34Cl2N4O5S. The van der Waals surface area contributed by atoms with E-state index in [0.29, 0.717) is 17.0 Å². The summed E-state index contributed by atoms with van der Waals surface area (Å²) >= 11 is 0. The summed E-state index contributed by atoms with van der Waals surface area (Å²) in [6.07, 6.45) is 5.38. The lowest BCUT2D eigenvalue weighted by molar-refractivity contribution is -0.139. The van der Waals surface area contributed by atoms with E-state index in [2.05, 4.69) is 5.32 Å². The molecule has 4 N–H and O–H groups in total. The van der Waals surface area contributed by atoms with Crippen LogP contribution in [0.5, 0.6) is 5.75 Å². The smallest absolute Gasteiger partial charge is 0.323 e. The maximum atomic E-state index is 13.1. The summed E-state index contributed by atoms with van der Waals surface area (Å²) in [4.78, 5) is 12.0. The first-order valence-corrected chi connectivity index (χ1v) is 13.1. The number of halogens is 2.